The molecule has 0 bridgehead atoms. The Morgan fingerprint density at radius 2 is 1.79 bits per heavy atom. The van der Waals surface area contributed by atoms with Gasteiger partial charge >= 0.3 is 0 Å². The summed E-state index contributed by atoms with van der Waals surface area (Å²) < 4.78 is 0. The van der Waals surface area contributed by atoms with E-state index >= 15 is 0 Å². The molecule has 1 saturated carbocycles. The van der Waals surface area contributed by atoms with Crippen molar-refractivity contribution in [2.45, 2.75) is 18.3 Å². The highest BCUT2D eigenvalue weighted by atomic mass is 16.2. The first-order valence-corrected chi connectivity index (χ1v) is 6.60. The molecule has 0 atom stereocenters. The van der Waals surface area contributed by atoms with Crippen LogP contribution in [-0.4, -0.2) is 25.0 Å². The van der Waals surface area contributed by atoms with Crippen LogP contribution in [0.1, 0.15) is 18.4 Å². The van der Waals surface area contributed by atoms with E-state index in [0.717, 1.165) is 18.4 Å². The standard InChI is InChI=1S/C16H18N2O/c1-18(2)17-15(19)16(10-11-16)14-9-5-7-12-6-3-4-8-13(12)14/h3-9H,10-11H2,1-2H3,(H,17,19). The molecule has 3 heteroatoms. The minimum absolute atomic E-state index is 0.105. The molecule has 3 nitrogen and oxygen atoms in total. The molecule has 1 N–H and O–H groups in total. The average molecular weight is 254 g/mol. The fourth-order valence-electron chi connectivity index (χ4n) is 2.70. The largest absolute Gasteiger partial charge is 0.289 e. The second-order valence-electron chi connectivity index (χ2n) is 5.44. The molecular weight excluding hydrogens is 236 g/mol. The molecule has 98 valence electrons. The first-order chi connectivity index (χ1) is 9.13. The third-order valence-corrected chi connectivity index (χ3v) is 3.82. The monoisotopic (exact) mass is 254 g/mol. The molecule has 0 spiro atoms. The van der Waals surface area contributed by atoms with Crippen molar-refractivity contribution in [3.8, 4) is 0 Å². The van der Waals surface area contributed by atoms with E-state index in [1.54, 1.807) is 5.01 Å². The summed E-state index contributed by atoms with van der Waals surface area (Å²) in [5.74, 6) is 0.105. The van der Waals surface area contributed by atoms with Crippen LogP contribution in [0.4, 0.5) is 0 Å². The van der Waals surface area contributed by atoms with Crippen LogP contribution >= 0.6 is 0 Å². The maximum Gasteiger partial charge on any atom is 0.244 e. The lowest BCUT2D eigenvalue weighted by molar-refractivity contribution is -0.127. The van der Waals surface area contributed by atoms with Crippen molar-refractivity contribution in [3.63, 3.8) is 0 Å². The maximum absolute atomic E-state index is 12.4. The van der Waals surface area contributed by atoms with Crippen LogP contribution in [0, 0.1) is 0 Å². The minimum Gasteiger partial charge on any atom is -0.289 e. The van der Waals surface area contributed by atoms with Gasteiger partial charge in [0.15, 0.2) is 0 Å². The molecule has 2 aromatic rings. The van der Waals surface area contributed by atoms with Gasteiger partial charge in [0.1, 0.15) is 0 Å². The molecule has 0 aliphatic heterocycles. The normalized spacial score (nSPS) is 16.6. The van der Waals surface area contributed by atoms with Crippen molar-refractivity contribution < 1.29 is 4.79 Å². The highest BCUT2D eigenvalue weighted by Gasteiger charge is 2.52. The third kappa shape index (κ3) is 2.00. The van der Waals surface area contributed by atoms with Gasteiger partial charge in [-0.2, -0.15) is 0 Å². The molecule has 1 aliphatic rings. The van der Waals surface area contributed by atoms with Crippen molar-refractivity contribution in [2.24, 2.45) is 0 Å². The number of hydrogen-bond acceptors (Lipinski definition) is 2. The number of carbonyl (C=O) groups is 1. The van der Waals surface area contributed by atoms with Gasteiger partial charge in [-0.3, -0.25) is 10.2 Å². The van der Waals surface area contributed by atoms with Crippen LogP contribution in [0.2, 0.25) is 0 Å². The van der Waals surface area contributed by atoms with Crippen LogP contribution in [-0.2, 0) is 10.2 Å². The number of nitrogens with one attached hydrogen (secondary N) is 1. The van der Waals surface area contributed by atoms with Gasteiger partial charge in [-0.1, -0.05) is 42.5 Å². The Morgan fingerprint density at radius 3 is 2.47 bits per heavy atom. The molecule has 0 radical (unpaired) electrons. The van der Waals surface area contributed by atoms with Crippen LogP contribution in [0.5, 0.6) is 0 Å². The van der Waals surface area contributed by atoms with Gasteiger partial charge < -0.3 is 0 Å². The summed E-state index contributed by atoms with van der Waals surface area (Å²) in [4.78, 5) is 12.4. The van der Waals surface area contributed by atoms with Gasteiger partial charge in [0.2, 0.25) is 5.91 Å². The number of hydrogen-bond donors (Lipinski definition) is 1. The highest BCUT2D eigenvalue weighted by molar-refractivity contribution is 5.97. The molecular formula is C16H18N2O. The second-order valence-corrected chi connectivity index (χ2v) is 5.44. The summed E-state index contributed by atoms with van der Waals surface area (Å²) in [5.41, 5.74) is 3.73. The molecule has 0 saturated heterocycles. The SMILES string of the molecule is CN(C)NC(=O)C1(c2cccc3ccccc23)CC1. The Labute approximate surface area is 113 Å². The van der Waals surface area contributed by atoms with Crippen LogP contribution in [0.15, 0.2) is 42.5 Å². The topological polar surface area (TPSA) is 32.3 Å². The van der Waals surface area contributed by atoms with E-state index < -0.39 is 0 Å². The van der Waals surface area contributed by atoms with E-state index in [1.807, 2.05) is 32.3 Å². The lowest BCUT2D eigenvalue weighted by Gasteiger charge is -2.20. The second kappa shape index (κ2) is 4.35. The number of carbonyl (C=O) groups excluding carboxylic acids is 1. The lowest BCUT2D eigenvalue weighted by atomic mass is 9.90. The molecule has 0 aromatic heterocycles. The van der Waals surface area contributed by atoms with Crippen molar-refractivity contribution in [1.82, 2.24) is 10.4 Å². The predicted octanol–water partition coefficient (Wildman–Crippen LogP) is 2.46. The van der Waals surface area contributed by atoms with E-state index in [9.17, 15) is 4.79 Å². The number of rotatable bonds is 3. The number of benzene rings is 2. The Balaban J connectivity index is 2.07. The Bertz CT molecular complexity index is 624. The molecule has 1 amide bonds. The van der Waals surface area contributed by atoms with Crippen molar-refractivity contribution in [2.75, 3.05) is 14.1 Å². The Morgan fingerprint density at radius 1 is 1.11 bits per heavy atom. The van der Waals surface area contributed by atoms with E-state index in [0.29, 0.717) is 0 Å². The zero-order valence-electron chi connectivity index (χ0n) is 11.3. The first kappa shape index (κ1) is 12.2. The first-order valence-electron chi connectivity index (χ1n) is 6.60. The van der Waals surface area contributed by atoms with E-state index in [4.69, 9.17) is 0 Å². The minimum atomic E-state index is -0.328. The van der Waals surface area contributed by atoms with Gasteiger partial charge in [-0.05, 0) is 29.2 Å². The number of amides is 1. The summed E-state index contributed by atoms with van der Waals surface area (Å²) in [6.45, 7) is 0. The van der Waals surface area contributed by atoms with Gasteiger partial charge in [0.05, 0.1) is 5.41 Å². The maximum atomic E-state index is 12.4. The molecule has 0 heterocycles. The summed E-state index contributed by atoms with van der Waals surface area (Å²) in [6.07, 6.45) is 1.86. The zero-order chi connectivity index (χ0) is 13.5. The van der Waals surface area contributed by atoms with Crippen molar-refractivity contribution >= 4 is 16.7 Å². The van der Waals surface area contributed by atoms with Crippen LogP contribution in [0.25, 0.3) is 10.8 Å². The third-order valence-electron chi connectivity index (χ3n) is 3.82. The molecule has 1 aliphatic carbocycles. The number of fused-ring (bicyclic) bond motifs is 1. The summed E-state index contributed by atoms with van der Waals surface area (Å²) in [6, 6.07) is 14.5. The van der Waals surface area contributed by atoms with E-state index in [1.165, 1.54) is 10.8 Å². The molecule has 19 heavy (non-hydrogen) atoms. The van der Waals surface area contributed by atoms with Crippen molar-refractivity contribution in [3.05, 3.63) is 48.0 Å². The Hall–Kier alpha value is -1.87. The fourth-order valence-corrected chi connectivity index (χ4v) is 2.70. The van der Waals surface area contributed by atoms with Crippen LogP contribution in [0.3, 0.4) is 0 Å². The number of hydrazine groups is 1. The van der Waals surface area contributed by atoms with Crippen molar-refractivity contribution in [1.29, 1.82) is 0 Å². The van der Waals surface area contributed by atoms with Crippen LogP contribution < -0.4 is 5.43 Å². The molecule has 0 unspecified atom stereocenters. The molecule has 2 aromatic carbocycles. The summed E-state index contributed by atoms with van der Waals surface area (Å²) in [5, 5.41) is 4.11. The Kier molecular flexibility index (Phi) is 2.79. The van der Waals surface area contributed by atoms with Gasteiger partial charge in [0, 0.05) is 14.1 Å². The lowest BCUT2D eigenvalue weighted by Crippen LogP contribution is -2.42. The van der Waals surface area contributed by atoms with Gasteiger partial charge in [-0.15, -0.1) is 0 Å². The van der Waals surface area contributed by atoms with Gasteiger partial charge in [0.25, 0.3) is 0 Å². The molecule has 1 fully saturated rings. The fraction of sp³-hybridized carbons (Fsp3) is 0.312. The smallest absolute Gasteiger partial charge is 0.244 e. The van der Waals surface area contributed by atoms with E-state index in [-0.39, 0.29) is 11.3 Å². The highest BCUT2D eigenvalue weighted by Crippen LogP contribution is 2.50. The average Bonchev–Trinajstić information content (AvgIpc) is 3.19. The summed E-state index contributed by atoms with van der Waals surface area (Å²) >= 11 is 0. The van der Waals surface area contributed by atoms with E-state index in [2.05, 4.69) is 29.7 Å². The quantitative estimate of drug-likeness (QED) is 0.853. The number of nitrogens with zero attached hydrogens (tertiary/aromatic N) is 1. The van der Waals surface area contributed by atoms with Gasteiger partial charge in [-0.25, -0.2) is 5.01 Å². The zero-order valence-corrected chi connectivity index (χ0v) is 11.3. The summed E-state index contributed by atoms with van der Waals surface area (Å²) in [7, 11) is 3.69. The predicted molar refractivity (Wildman–Crippen MR) is 76.7 cm³/mol. The molecule has 3 rings (SSSR count).